The number of alkyl halides is 5. The lowest BCUT2D eigenvalue weighted by molar-refractivity contribution is -0.164. The van der Waals surface area contributed by atoms with Crippen molar-refractivity contribution in [1.82, 2.24) is 40.0 Å². The Bertz CT molecular complexity index is 2100. The summed E-state index contributed by atoms with van der Waals surface area (Å²) in [6, 6.07) is 3.22. The molecular formula is C36H40ClF5N10O3. The number of rotatable bonds is 11. The third-order valence-corrected chi connectivity index (χ3v) is 10.9. The fourth-order valence-corrected chi connectivity index (χ4v) is 7.51. The minimum absolute atomic E-state index is 0.00881. The molecule has 1 aliphatic heterocycles. The van der Waals surface area contributed by atoms with E-state index in [9.17, 15) is 26.7 Å². The molecule has 19 heteroatoms. The Morgan fingerprint density at radius 3 is 2.51 bits per heavy atom. The minimum atomic E-state index is -4.71. The van der Waals surface area contributed by atoms with Crippen molar-refractivity contribution >= 4 is 35.1 Å². The van der Waals surface area contributed by atoms with Crippen molar-refractivity contribution in [3.05, 3.63) is 71.1 Å². The van der Waals surface area contributed by atoms with Crippen LogP contribution in [0.5, 0.6) is 0 Å². The highest BCUT2D eigenvalue weighted by Crippen LogP contribution is 2.53. The number of allylic oxidation sites excluding steroid dienone is 3. The molecule has 2 amide bonds. The van der Waals surface area contributed by atoms with Gasteiger partial charge in [0.05, 0.1) is 29.0 Å². The number of alkyl carbamates (subject to hydrolysis) is 1. The van der Waals surface area contributed by atoms with Gasteiger partial charge >= 0.3 is 12.3 Å². The van der Waals surface area contributed by atoms with Gasteiger partial charge in [-0.05, 0) is 67.2 Å². The number of nitrogens with two attached hydrogens (primary N) is 1. The van der Waals surface area contributed by atoms with Crippen molar-refractivity contribution in [2.24, 2.45) is 21.6 Å². The Morgan fingerprint density at radius 1 is 1.18 bits per heavy atom. The van der Waals surface area contributed by atoms with Gasteiger partial charge in [-0.15, -0.1) is 5.10 Å². The number of guanidine groups is 1. The van der Waals surface area contributed by atoms with E-state index in [0.29, 0.717) is 18.2 Å². The van der Waals surface area contributed by atoms with Gasteiger partial charge in [0.1, 0.15) is 24.2 Å². The van der Waals surface area contributed by atoms with Crippen LogP contribution in [0.3, 0.4) is 0 Å². The topological polar surface area (TPSA) is 158 Å². The molecule has 3 N–H and O–H groups in total. The Labute approximate surface area is 317 Å². The highest BCUT2D eigenvalue weighted by atomic mass is 35.5. The van der Waals surface area contributed by atoms with Crippen LogP contribution in [0, 0.1) is 10.8 Å². The van der Waals surface area contributed by atoms with E-state index < -0.39 is 65.0 Å². The summed E-state index contributed by atoms with van der Waals surface area (Å²) in [6.45, 7) is 7.05. The summed E-state index contributed by atoms with van der Waals surface area (Å²) in [6.07, 6.45) is 1.47. The molecule has 3 aromatic rings. The number of ether oxygens (including phenoxy) is 1. The largest absolute Gasteiger partial charge is 0.447 e. The average molecular weight is 791 g/mol. The molecule has 1 aromatic carbocycles. The van der Waals surface area contributed by atoms with Gasteiger partial charge in [-0.3, -0.25) is 9.69 Å². The zero-order chi connectivity index (χ0) is 39.7. The summed E-state index contributed by atoms with van der Waals surface area (Å²) < 4.78 is 77.0. The van der Waals surface area contributed by atoms with Crippen molar-refractivity contribution in [1.29, 1.82) is 0 Å². The Hall–Kier alpha value is -4.87. The van der Waals surface area contributed by atoms with Crippen LogP contribution in [0.2, 0.25) is 5.02 Å². The van der Waals surface area contributed by atoms with Gasteiger partial charge in [0.2, 0.25) is 0 Å². The third-order valence-electron chi connectivity index (χ3n) is 10.6. The van der Waals surface area contributed by atoms with Gasteiger partial charge in [0, 0.05) is 5.41 Å². The first-order valence-corrected chi connectivity index (χ1v) is 18.1. The van der Waals surface area contributed by atoms with Crippen molar-refractivity contribution in [3.63, 3.8) is 0 Å². The van der Waals surface area contributed by atoms with E-state index >= 15 is 4.79 Å². The highest BCUT2D eigenvalue weighted by molar-refractivity contribution is 6.32. The average Bonchev–Trinajstić information content (AvgIpc) is 3.97. The summed E-state index contributed by atoms with van der Waals surface area (Å²) in [5.41, 5.74) is 2.93. The summed E-state index contributed by atoms with van der Waals surface area (Å²) >= 11 is 6.46. The van der Waals surface area contributed by atoms with Crippen LogP contribution in [-0.4, -0.2) is 76.5 Å². The molecule has 3 atom stereocenters. The number of nitrogens with one attached hydrogen (secondary N) is 1. The lowest BCUT2D eigenvalue weighted by atomic mass is 9.61. The molecule has 0 bridgehead atoms. The normalized spacial score (nSPS) is 24.2. The number of carbonyl (C=O) groups is 2. The fraction of sp³-hybridized carbons (Fsp3) is 0.528. The van der Waals surface area contributed by atoms with Crippen molar-refractivity contribution < 1.29 is 36.3 Å². The maximum absolute atomic E-state index is 15.2. The van der Waals surface area contributed by atoms with Crippen LogP contribution < -0.4 is 11.1 Å². The molecule has 0 radical (unpaired) electrons. The van der Waals surface area contributed by atoms with E-state index in [-0.39, 0.29) is 41.5 Å². The molecule has 0 saturated heterocycles. The first-order valence-electron chi connectivity index (χ1n) is 17.8. The van der Waals surface area contributed by atoms with Gasteiger partial charge in [0.25, 0.3) is 12.3 Å². The fourth-order valence-electron chi connectivity index (χ4n) is 7.31. The quantitative estimate of drug-likeness (QED) is 0.196. The second-order valence-corrected chi connectivity index (χ2v) is 16.4. The van der Waals surface area contributed by atoms with Crippen LogP contribution in [0.1, 0.15) is 102 Å². The van der Waals surface area contributed by atoms with Crippen molar-refractivity contribution in [2.75, 3.05) is 6.61 Å². The molecule has 3 aliphatic carbocycles. The Morgan fingerprint density at radius 2 is 1.91 bits per heavy atom. The molecule has 1 unspecified atom stereocenters. The standard InChI is InChI=1S/C36H40ClF5N10O3/c1-32(2,3)18-35(33(4)11-9-20(10-12-33)24-16-50(49-48-24)22-6-7-22)29(53)51(30(43)46-35)26(17-55-31(54)47-34(13-14-34)36(40,41)42)21-5-8-23(37)25(15-21)52-28(27(38)39)44-19-45-52/h5,8-11,15-16,19,22,26-27H,6-7,12-14,17-18H2,1-4H3,(H2,43,46)(H,47,54)/t26-,33?,35+/m1/s1. The number of amides is 2. The number of aliphatic imine (C=N–C) groups is 1. The lowest BCUT2D eigenvalue weighted by Crippen LogP contribution is -2.55. The number of nitrogens with zero attached hydrogens (tertiary/aromatic N) is 8. The predicted molar refractivity (Wildman–Crippen MR) is 190 cm³/mol. The molecule has 2 fully saturated rings. The summed E-state index contributed by atoms with van der Waals surface area (Å²) in [7, 11) is 0. The van der Waals surface area contributed by atoms with Crippen LogP contribution in [0.4, 0.5) is 26.7 Å². The van der Waals surface area contributed by atoms with Crippen molar-refractivity contribution in [3.8, 4) is 5.69 Å². The molecule has 55 heavy (non-hydrogen) atoms. The van der Waals surface area contributed by atoms with Crippen LogP contribution in [0.25, 0.3) is 11.3 Å². The van der Waals surface area contributed by atoms with E-state index in [0.717, 1.165) is 34.3 Å². The van der Waals surface area contributed by atoms with E-state index in [1.165, 1.54) is 18.2 Å². The number of halogens is 6. The van der Waals surface area contributed by atoms with Gasteiger partial charge in [-0.1, -0.05) is 68.8 Å². The summed E-state index contributed by atoms with van der Waals surface area (Å²) in [4.78, 5) is 37.8. The number of hydrogen-bond acceptors (Lipinski definition) is 9. The van der Waals surface area contributed by atoms with E-state index in [1.807, 2.05) is 62.1 Å². The summed E-state index contributed by atoms with van der Waals surface area (Å²) in [5.74, 6) is -1.51. The number of aromatic nitrogens is 6. The molecule has 294 valence electrons. The molecule has 3 heterocycles. The number of hydrogen-bond donors (Lipinski definition) is 2. The van der Waals surface area contributed by atoms with Crippen LogP contribution in [-0.2, 0) is 9.53 Å². The van der Waals surface area contributed by atoms with Gasteiger partial charge in [-0.2, -0.15) is 18.3 Å². The van der Waals surface area contributed by atoms with E-state index in [1.54, 1.807) is 0 Å². The van der Waals surface area contributed by atoms with Crippen LogP contribution >= 0.6 is 11.6 Å². The summed E-state index contributed by atoms with van der Waals surface area (Å²) in [5, 5.41) is 14.4. The minimum Gasteiger partial charge on any atom is -0.447 e. The van der Waals surface area contributed by atoms with Crippen molar-refractivity contribution in [2.45, 2.75) is 102 Å². The monoisotopic (exact) mass is 790 g/mol. The highest BCUT2D eigenvalue weighted by Gasteiger charge is 2.65. The Balaban J connectivity index is 1.25. The smallest absolute Gasteiger partial charge is 0.411 e. The molecule has 13 nitrogen and oxygen atoms in total. The zero-order valence-corrected chi connectivity index (χ0v) is 31.2. The molecule has 4 aliphatic rings. The number of benzene rings is 1. The molecule has 0 spiro atoms. The second-order valence-electron chi connectivity index (χ2n) is 16.0. The second kappa shape index (κ2) is 13.4. The molecular weight excluding hydrogens is 751 g/mol. The predicted octanol–water partition coefficient (Wildman–Crippen LogP) is 7.03. The van der Waals surface area contributed by atoms with Gasteiger partial charge in [0.15, 0.2) is 17.3 Å². The molecule has 2 aromatic heterocycles. The third kappa shape index (κ3) is 7.08. The number of carbonyl (C=O) groups excluding carboxylic acids is 2. The lowest BCUT2D eigenvalue weighted by Gasteiger charge is -2.45. The maximum atomic E-state index is 15.2. The van der Waals surface area contributed by atoms with Gasteiger partial charge in [-0.25, -0.2) is 32.9 Å². The molecule has 7 rings (SSSR count). The van der Waals surface area contributed by atoms with Crippen LogP contribution in [0.15, 0.2) is 53.9 Å². The first kappa shape index (κ1) is 38.4. The molecule has 2 saturated carbocycles. The maximum Gasteiger partial charge on any atom is 0.411 e. The van der Waals surface area contributed by atoms with E-state index in [2.05, 4.69) is 20.4 Å². The SMILES string of the molecule is CC(C)(C)C[C@]1(C2(C)C=CC(c3cn(C4CC4)nn3)=CC2)N=C(N)N([C@H](COC(=O)NC2(C(F)(F)F)CC2)c2ccc(Cl)c(-n3ncnc3C(F)F)c2)C1=O. The van der Waals surface area contributed by atoms with Gasteiger partial charge < -0.3 is 15.8 Å². The zero-order valence-electron chi connectivity index (χ0n) is 30.4. The van der Waals surface area contributed by atoms with E-state index in [4.69, 9.17) is 27.1 Å². The first-order chi connectivity index (χ1) is 25.8. The Kier molecular flexibility index (Phi) is 9.36.